The molecule has 3 heterocycles. The van der Waals surface area contributed by atoms with Crippen LogP contribution < -0.4 is 16.5 Å². The zero-order valence-corrected chi connectivity index (χ0v) is 18.4. The van der Waals surface area contributed by atoms with Crippen LogP contribution in [-0.2, 0) is 26.3 Å². The van der Waals surface area contributed by atoms with Crippen molar-refractivity contribution in [2.24, 2.45) is 4.76 Å². The van der Waals surface area contributed by atoms with E-state index in [1.165, 1.54) is 11.8 Å². The number of rotatable bonds is 6. The summed E-state index contributed by atoms with van der Waals surface area (Å²) in [5.41, 5.74) is 4.21. The third-order valence-electron chi connectivity index (χ3n) is 5.06. The van der Waals surface area contributed by atoms with Crippen LogP contribution in [0.3, 0.4) is 0 Å². The Bertz CT molecular complexity index is 965. The largest absolute Gasteiger partial charge is 0.858 e. The van der Waals surface area contributed by atoms with E-state index in [1.807, 2.05) is 0 Å². The molecule has 3 rings (SSSR count). The Morgan fingerprint density at radius 3 is 2.91 bits per heavy atom. The lowest BCUT2D eigenvalue weighted by atomic mass is 10.1. The van der Waals surface area contributed by atoms with E-state index < -0.39 is 55.7 Å². The Labute approximate surface area is 186 Å². The van der Waals surface area contributed by atoms with Crippen LogP contribution >= 0.6 is 7.07 Å². The number of hydrogen-bond donors (Lipinski definition) is 3. The van der Waals surface area contributed by atoms with Gasteiger partial charge >= 0.3 is 11.6 Å². The molecule has 0 radical (unpaired) electrons. The smallest absolute Gasteiger partial charge is 0.351 e. The number of amides is 1. The summed E-state index contributed by atoms with van der Waals surface area (Å²) in [6.45, 7) is 0.804. The Kier molecular flexibility index (Phi) is 7.08. The molecule has 4 N–H and O–H groups in total. The monoisotopic (exact) mass is 496 g/mol. The summed E-state index contributed by atoms with van der Waals surface area (Å²) in [6, 6.07) is 0.208. The summed E-state index contributed by atoms with van der Waals surface area (Å²) < 4.78 is 43.1. The molecule has 0 spiro atoms. The maximum Gasteiger partial charge on any atom is 0.351 e. The number of hydrogen-bond acceptors (Lipinski definition) is 11. The molecule has 1 aromatic rings. The lowest BCUT2D eigenvalue weighted by Gasteiger charge is -2.29. The first-order chi connectivity index (χ1) is 14.8. The van der Waals surface area contributed by atoms with E-state index in [9.17, 15) is 33.5 Å². The molecule has 0 bridgehead atoms. The first kappa shape index (κ1) is 24.7. The van der Waals surface area contributed by atoms with Crippen molar-refractivity contribution < 1.29 is 37.9 Å². The first-order valence-electron chi connectivity index (χ1n) is 9.41. The van der Waals surface area contributed by atoms with Crippen LogP contribution in [-0.4, -0.2) is 73.6 Å². The molecule has 16 heteroatoms. The van der Waals surface area contributed by atoms with E-state index in [2.05, 4.69) is 9.75 Å². The number of aliphatic hydroxyl groups is 1. The highest BCUT2D eigenvalue weighted by Gasteiger charge is 2.60. The van der Waals surface area contributed by atoms with Gasteiger partial charge in [0.2, 0.25) is 12.1 Å². The molecule has 0 aromatic carbocycles. The van der Waals surface area contributed by atoms with Crippen molar-refractivity contribution in [1.29, 1.82) is 0 Å². The van der Waals surface area contributed by atoms with Crippen molar-refractivity contribution in [3.05, 3.63) is 22.7 Å². The number of nitrogens with zero attached hydrogens (tertiary/aromatic N) is 4. The number of aromatic nitrogens is 2. The van der Waals surface area contributed by atoms with Crippen molar-refractivity contribution >= 4 is 36.9 Å². The summed E-state index contributed by atoms with van der Waals surface area (Å²) >= 11 is 4.80. The maximum absolute atomic E-state index is 14.5. The van der Waals surface area contributed by atoms with Crippen molar-refractivity contribution in [3.63, 3.8) is 0 Å². The molecule has 0 aliphatic carbocycles. The topological polar surface area (TPSA) is 176 Å². The summed E-state index contributed by atoms with van der Waals surface area (Å²) in [6.07, 6.45) is -4.51. The fraction of sp³-hybridized carbons (Fsp3) is 0.625. The number of nitrogen functional groups attached to an aromatic ring is 1. The zero-order valence-electron chi connectivity index (χ0n) is 16.7. The van der Waals surface area contributed by atoms with Gasteiger partial charge in [-0.15, -0.1) is 4.76 Å². The average Bonchev–Trinajstić information content (AvgIpc) is 3.25. The van der Waals surface area contributed by atoms with Gasteiger partial charge in [0, 0.05) is 25.6 Å². The van der Waals surface area contributed by atoms with Gasteiger partial charge in [0.25, 0.3) is 7.07 Å². The Hall–Kier alpha value is -1.90. The van der Waals surface area contributed by atoms with Gasteiger partial charge in [0.15, 0.2) is 6.10 Å². The van der Waals surface area contributed by atoms with E-state index in [0.717, 1.165) is 12.3 Å². The van der Waals surface area contributed by atoms with Gasteiger partial charge in [0.05, 0.1) is 6.04 Å². The summed E-state index contributed by atoms with van der Waals surface area (Å²) in [4.78, 5) is 38.3. The van der Waals surface area contributed by atoms with Crippen LogP contribution in [0.5, 0.6) is 0 Å². The second-order valence-corrected chi connectivity index (χ2v) is 10.1. The van der Waals surface area contributed by atoms with Crippen molar-refractivity contribution in [2.75, 3.05) is 18.9 Å². The number of ether oxygens (including phenoxy) is 1. The van der Waals surface area contributed by atoms with Crippen LogP contribution in [0, 0.1) is 0 Å². The average molecular weight is 496 g/mol. The van der Waals surface area contributed by atoms with Crippen LogP contribution in [0.2, 0.25) is 0 Å². The first-order valence-corrected chi connectivity index (χ1v) is 12.0. The molecule has 178 valence electrons. The number of alkyl halides is 2. The normalized spacial score (nSPS) is 29.8. The predicted octanol–water partition coefficient (Wildman–Crippen LogP) is -1.28. The third-order valence-corrected chi connectivity index (χ3v) is 6.55. The quantitative estimate of drug-likeness (QED) is 0.186. The Morgan fingerprint density at radius 2 is 2.28 bits per heavy atom. The minimum absolute atomic E-state index is 0.189. The molecule has 0 saturated carbocycles. The van der Waals surface area contributed by atoms with Gasteiger partial charge in [-0.3, -0.25) is 9.36 Å². The number of anilines is 1. The molecule has 5 atom stereocenters. The summed E-state index contributed by atoms with van der Waals surface area (Å²) in [7, 11) is -4.15. The van der Waals surface area contributed by atoms with E-state index >= 15 is 0 Å². The molecule has 2 saturated heterocycles. The lowest BCUT2D eigenvalue weighted by Crippen LogP contribution is -2.44. The highest BCUT2D eigenvalue weighted by Crippen LogP contribution is 2.56. The highest BCUT2D eigenvalue weighted by molar-refractivity contribution is 8.37. The van der Waals surface area contributed by atoms with E-state index in [4.69, 9.17) is 27.2 Å². The van der Waals surface area contributed by atoms with Crippen molar-refractivity contribution in [1.82, 2.24) is 14.5 Å². The molecule has 2 aliphatic rings. The van der Waals surface area contributed by atoms with Gasteiger partial charge < -0.3 is 37.8 Å². The number of carbonyl (C=O) groups is 1. The molecule has 2 aliphatic heterocycles. The Balaban J connectivity index is 1.70. The minimum Gasteiger partial charge on any atom is -0.858 e. The number of nitrogens with two attached hydrogens (primary N) is 1. The fourth-order valence-corrected chi connectivity index (χ4v) is 4.71. The molecular weight excluding hydrogens is 475 g/mol. The molecule has 1 aromatic heterocycles. The van der Waals surface area contributed by atoms with Crippen LogP contribution in [0.1, 0.15) is 26.0 Å². The van der Waals surface area contributed by atoms with Gasteiger partial charge in [-0.1, -0.05) is 0 Å². The molecule has 1 amide bonds. The number of carbonyl (C=O) groups excluding carboxylic acids is 1. The van der Waals surface area contributed by atoms with Crippen LogP contribution in [0.4, 0.5) is 14.6 Å². The third kappa shape index (κ3) is 5.02. The fourth-order valence-electron chi connectivity index (χ4n) is 3.50. The highest BCUT2D eigenvalue weighted by atomic mass is 32.7. The van der Waals surface area contributed by atoms with Gasteiger partial charge in [0.1, 0.15) is 18.5 Å². The van der Waals surface area contributed by atoms with Crippen molar-refractivity contribution in [2.45, 2.75) is 50.2 Å². The molecule has 32 heavy (non-hydrogen) atoms. The molecule has 12 nitrogen and oxygen atoms in total. The lowest BCUT2D eigenvalue weighted by molar-refractivity contribution is -0.223. The van der Waals surface area contributed by atoms with E-state index in [0.29, 0.717) is 24.0 Å². The summed E-state index contributed by atoms with van der Waals surface area (Å²) in [5, 5.41) is 22.3. The number of aliphatic hydroxyl groups excluding tert-OH is 1. The second-order valence-electron chi connectivity index (χ2n) is 7.28. The summed E-state index contributed by atoms with van der Waals surface area (Å²) in [5.74, 6) is -5.32. The maximum atomic E-state index is 14.5. The minimum atomic E-state index is -4.15. The van der Waals surface area contributed by atoms with E-state index in [-0.39, 0.29) is 11.7 Å². The predicted molar refractivity (Wildman–Crippen MR) is 108 cm³/mol. The molecule has 2 unspecified atom stereocenters. The van der Waals surface area contributed by atoms with Gasteiger partial charge in [-0.25, -0.2) is 14.2 Å². The number of likely N-dealkylation sites (tertiary alicyclic amines) is 1. The van der Waals surface area contributed by atoms with Gasteiger partial charge in [-0.05, 0) is 18.9 Å². The van der Waals surface area contributed by atoms with Crippen LogP contribution in [0.25, 0.3) is 0 Å². The van der Waals surface area contributed by atoms with E-state index in [1.54, 1.807) is 0 Å². The SMILES string of the molecule is CC(=O)N1CCCC1C([O-])=N[P+](O)([S-])OC[C@H]1O[C@@H](n2ccc(N)nc2=O)C(F)(F)[C@@H]1O. The Morgan fingerprint density at radius 1 is 1.59 bits per heavy atom. The standard InChI is InChI=1S/C16H22F2N5O7PS/c1-8(24)22-5-2-3-9(22)13(26)21-31(28,32)29-7-10-12(25)16(17,18)14(30-10)23-6-4-11(19)20-15(23)27/h4,6,9-10,12,14,25H,2-3,5,7H2,1H3,(H2,19,20,27)(H2,21,26,28,32)/p-1/t9?,10-,12-,14-,31?/m1/s1. The molecular formula is C16H21F2N5O7PS-. The van der Waals surface area contributed by atoms with Gasteiger partial charge in [-0.2, -0.15) is 13.8 Å². The van der Waals surface area contributed by atoms with Crippen LogP contribution in [0.15, 0.2) is 21.8 Å². The van der Waals surface area contributed by atoms with Crippen molar-refractivity contribution in [3.8, 4) is 0 Å². The number of halogens is 2. The second kappa shape index (κ2) is 9.15. The zero-order chi connectivity index (χ0) is 23.8. The molecule has 2 fully saturated rings.